The number of amides is 2. The van der Waals surface area contributed by atoms with Crippen molar-refractivity contribution in [3.63, 3.8) is 0 Å². The van der Waals surface area contributed by atoms with Crippen molar-refractivity contribution in [3.8, 4) is 5.88 Å². The molecule has 1 saturated heterocycles. The van der Waals surface area contributed by atoms with Crippen molar-refractivity contribution >= 4 is 17.5 Å². The molecule has 1 aliphatic rings. The number of anilines is 1. The Bertz CT molecular complexity index is 846. The van der Waals surface area contributed by atoms with Crippen LogP contribution in [0.3, 0.4) is 0 Å². The van der Waals surface area contributed by atoms with Crippen LogP contribution in [0.2, 0.25) is 0 Å². The summed E-state index contributed by atoms with van der Waals surface area (Å²) < 4.78 is 24.6. The Labute approximate surface area is 162 Å². The molecule has 1 N–H and O–H groups in total. The first-order valence-corrected chi connectivity index (χ1v) is 9.11. The first-order chi connectivity index (χ1) is 13.6. The molecule has 0 radical (unpaired) electrons. The van der Waals surface area contributed by atoms with Crippen LogP contribution in [0.15, 0.2) is 42.6 Å². The van der Waals surface area contributed by atoms with Gasteiger partial charge in [-0.2, -0.15) is 0 Å². The van der Waals surface area contributed by atoms with Gasteiger partial charge in [-0.05, 0) is 31.2 Å². The third-order valence-corrected chi connectivity index (χ3v) is 4.34. The number of aromatic nitrogens is 1. The van der Waals surface area contributed by atoms with Gasteiger partial charge in [-0.3, -0.25) is 9.59 Å². The molecule has 1 aromatic carbocycles. The molecule has 28 heavy (non-hydrogen) atoms. The van der Waals surface area contributed by atoms with Gasteiger partial charge < -0.3 is 19.7 Å². The molecule has 1 atom stereocenters. The summed E-state index contributed by atoms with van der Waals surface area (Å²) in [4.78, 5) is 31.2. The first kappa shape index (κ1) is 19.8. The van der Waals surface area contributed by atoms with Crippen LogP contribution in [0.4, 0.5) is 10.1 Å². The number of nitrogens with one attached hydrogen (secondary N) is 1. The number of pyridine rings is 1. The fourth-order valence-electron chi connectivity index (χ4n) is 3.03. The molecule has 0 spiro atoms. The first-order valence-electron chi connectivity index (χ1n) is 9.11. The van der Waals surface area contributed by atoms with E-state index in [1.807, 2.05) is 6.92 Å². The summed E-state index contributed by atoms with van der Waals surface area (Å²) in [7, 11) is 0. The summed E-state index contributed by atoms with van der Waals surface area (Å²) >= 11 is 0. The molecule has 148 valence electrons. The fourth-order valence-corrected chi connectivity index (χ4v) is 3.03. The molecule has 7 nitrogen and oxygen atoms in total. The fraction of sp³-hybridized carbons (Fsp3) is 0.350. The zero-order chi connectivity index (χ0) is 19.9. The Hall–Kier alpha value is -3.00. The molecular weight excluding hydrogens is 365 g/mol. The maximum absolute atomic E-state index is 13.7. The van der Waals surface area contributed by atoms with E-state index in [-0.39, 0.29) is 30.5 Å². The highest BCUT2D eigenvalue weighted by Crippen LogP contribution is 2.21. The molecule has 0 bridgehead atoms. The molecule has 8 heteroatoms. The number of rotatable bonds is 6. The van der Waals surface area contributed by atoms with Crippen LogP contribution < -0.4 is 10.1 Å². The molecule has 3 rings (SSSR count). The van der Waals surface area contributed by atoms with Crippen molar-refractivity contribution in [2.24, 2.45) is 0 Å². The molecule has 2 aromatic rings. The van der Waals surface area contributed by atoms with E-state index in [9.17, 15) is 14.0 Å². The van der Waals surface area contributed by atoms with Crippen LogP contribution >= 0.6 is 0 Å². The summed E-state index contributed by atoms with van der Waals surface area (Å²) in [5, 5.41) is 2.54. The molecule has 1 aromatic heterocycles. The Morgan fingerprint density at radius 3 is 2.93 bits per heavy atom. The average Bonchev–Trinajstić information content (AvgIpc) is 2.70. The zero-order valence-corrected chi connectivity index (χ0v) is 15.6. The van der Waals surface area contributed by atoms with Crippen LogP contribution in [0.1, 0.15) is 23.7 Å². The zero-order valence-electron chi connectivity index (χ0n) is 15.6. The highest BCUT2D eigenvalue weighted by molar-refractivity contribution is 5.97. The maximum Gasteiger partial charge on any atom is 0.259 e. The van der Waals surface area contributed by atoms with E-state index in [0.29, 0.717) is 25.3 Å². The standard InChI is InChI=1S/C20H22FN3O4/c1-2-28-19-15(6-5-9-22-19)20(26)24-10-11-27-13-14(24)12-18(25)23-17-8-4-3-7-16(17)21/h3-9,14H,2,10-13H2,1H3,(H,23,25). The average molecular weight is 387 g/mol. The lowest BCUT2D eigenvalue weighted by atomic mass is 10.1. The van der Waals surface area contributed by atoms with Gasteiger partial charge >= 0.3 is 0 Å². The van der Waals surface area contributed by atoms with Crippen molar-refractivity contribution in [1.29, 1.82) is 0 Å². The van der Waals surface area contributed by atoms with E-state index in [2.05, 4.69) is 10.3 Å². The number of hydrogen-bond donors (Lipinski definition) is 1. The van der Waals surface area contributed by atoms with E-state index < -0.39 is 17.8 Å². The highest BCUT2D eigenvalue weighted by atomic mass is 19.1. The number of halogens is 1. The van der Waals surface area contributed by atoms with E-state index in [4.69, 9.17) is 9.47 Å². The van der Waals surface area contributed by atoms with Crippen molar-refractivity contribution < 1.29 is 23.5 Å². The van der Waals surface area contributed by atoms with Crippen LogP contribution in [-0.4, -0.2) is 54.1 Å². The molecule has 2 amide bonds. The van der Waals surface area contributed by atoms with Gasteiger partial charge in [0, 0.05) is 19.2 Å². The Morgan fingerprint density at radius 1 is 1.32 bits per heavy atom. The number of para-hydroxylation sites is 1. The van der Waals surface area contributed by atoms with E-state index in [0.717, 1.165) is 0 Å². The highest BCUT2D eigenvalue weighted by Gasteiger charge is 2.31. The van der Waals surface area contributed by atoms with Gasteiger partial charge in [0.05, 0.1) is 31.5 Å². The normalized spacial score (nSPS) is 16.5. The van der Waals surface area contributed by atoms with Crippen molar-refractivity contribution in [1.82, 2.24) is 9.88 Å². The molecule has 1 unspecified atom stereocenters. The topological polar surface area (TPSA) is 80.8 Å². The lowest BCUT2D eigenvalue weighted by molar-refractivity contribution is -0.118. The van der Waals surface area contributed by atoms with Gasteiger partial charge in [0.15, 0.2) is 0 Å². The maximum atomic E-state index is 13.7. The number of nitrogens with zero attached hydrogens (tertiary/aromatic N) is 2. The number of carbonyl (C=O) groups is 2. The minimum atomic E-state index is -0.514. The summed E-state index contributed by atoms with van der Waals surface area (Å²) in [6.45, 7) is 3.14. The lowest BCUT2D eigenvalue weighted by Gasteiger charge is -2.35. The summed E-state index contributed by atoms with van der Waals surface area (Å²) in [5.74, 6) is -0.922. The summed E-state index contributed by atoms with van der Waals surface area (Å²) in [6.07, 6.45) is 1.55. The Balaban J connectivity index is 1.73. The van der Waals surface area contributed by atoms with Crippen LogP contribution in [0.5, 0.6) is 5.88 Å². The van der Waals surface area contributed by atoms with E-state index in [1.165, 1.54) is 12.1 Å². The third-order valence-electron chi connectivity index (χ3n) is 4.34. The second-order valence-corrected chi connectivity index (χ2v) is 6.25. The molecule has 1 fully saturated rings. The van der Waals surface area contributed by atoms with Crippen LogP contribution in [-0.2, 0) is 9.53 Å². The van der Waals surface area contributed by atoms with Gasteiger partial charge in [0.25, 0.3) is 5.91 Å². The van der Waals surface area contributed by atoms with Crippen LogP contribution in [0, 0.1) is 5.82 Å². The predicted octanol–water partition coefficient (Wildman–Crippen LogP) is 2.49. The van der Waals surface area contributed by atoms with Gasteiger partial charge in [-0.25, -0.2) is 9.37 Å². The summed E-state index contributed by atoms with van der Waals surface area (Å²) in [6, 6.07) is 8.77. The molecular formula is C20H22FN3O4. The quantitative estimate of drug-likeness (QED) is 0.824. The largest absolute Gasteiger partial charge is 0.477 e. The number of ether oxygens (including phenoxy) is 2. The Morgan fingerprint density at radius 2 is 2.14 bits per heavy atom. The third kappa shape index (κ3) is 4.64. The minimum absolute atomic E-state index is 0.00962. The Kier molecular flexibility index (Phi) is 6.54. The number of carbonyl (C=O) groups excluding carboxylic acids is 2. The molecule has 0 aliphatic carbocycles. The van der Waals surface area contributed by atoms with Gasteiger partial charge in [-0.15, -0.1) is 0 Å². The number of benzene rings is 1. The minimum Gasteiger partial charge on any atom is -0.477 e. The molecule has 2 heterocycles. The molecule has 1 aliphatic heterocycles. The van der Waals surface area contributed by atoms with E-state index in [1.54, 1.807) is 35.4 Å². The predicted molar refractivity (Wildman–Crippen MR) is 101 cm³/mol. The van der Waals surface area contributed by atoms with E-state index >= 15 is 0 Å². The summed E-state index contributed by atoms with van der Waals surface area (Å²) in [5.41, 5.74) is 0.443. The lowest BCUT2D eigenvalue weighted by Crippen LogP contribution is -2.50. The van der Waals surface area contributed by atoms with Gasteiger partial charge in [0.2, 0.25) is 11.8 Å². The SMILES string of the molecule is CCOc1ncccc1C(=O)N1CCOCC1CC(=O)Nc1ccccc1F. The monoisotopic (exact) mass is 387 g/mol. The number of morpholine rings is 1. The van der Waals surface area contributed by atoms with Crippen molar-refractivity contribution in [2.45, 2.75) is 19.4 Å². The smallest absolute Gasteiger partial charge is 0.259 e. The molecule has 0 saturated carbocycles. The second kappa shape index (κ2) is 9.27. The van der Waals surface area contributed by atoms with Gasteiger partial charge in [-0.1, -0.05) is 12.1 Å². The number of hydrogen-bond acceptors (Lipinski definition) is 5. The van der Waals surface area contributed by atoms with Gasteiger partial charge in [0.1, 0.15) is 11.4 Å². The van der Waals surface area contributed by atoms with Crippen molar-refractivity contribution in [2.75, 3.05) is 31.7 Å². The van der Waals surface area contributed by atoms with Crippen LogP contribution in [0.25, 0.3) is 0 Å². The second-order valence-electron chi connectivity index (χ2n) is 6.25. The van der Waals surface area contributed by atoms with Crippen molar-refractivity contribution in [3.05, 3.63) is 54.0 Å².